The van der Waals surface area contributed by atoms with E-state index in [1.807, 2.05) is 0 Å². The van der Waals surface area contributed by atoms with Crippen LogP contribution in [0, 0.1) is 0 Å². The number of hydrogen-bond acceptors (Lipinski definition) is 0. The van der Waals surface area contributed by atoms with Gasteiger partial charge in [-0.1, -0.05) is 0 Å². The summed E-state index contributed by atoms with van der Waals surface area (Å²) in [5.41, 5.74) is -43.8. The Hall–Kier alpha value is -1.26. The van der Waals surface area contributed by atoms with Crippen LogP contribution in [-0.4, -0.2) is 71.6 Å². The summed E-state index contributed by atoms with van der Waals surface area (Å²) in [6.07, 6.45) is -30.0. The van der Waals surface area contributed by atoms with Crippen molar-refractivity contribution in [1.29, 1.82) is 0 Å². The summed E-state index contributed by atoms with van der Waals surface area (Å²) in [5.74, 6) is -16.0. The van der Waals surface area contributed by atoms with Crippen LogP contribution in [0.4, 0.5) is 79.0 Å². The van der Waals surface area contributed by atoms with Crippen LogP contribution in [0.1, 0.15) is 12.8 Å². The Morgan fingerprint density at radius 3 is 0.750 bits per heavy atom. The molecule has 2 saturated carbocycles. The van der Waals surface area contributed by atoms with Gasteiger partial charge in [-0.3, -0.25) is 0 Å². The molecule has 0 spiro atoms. The quantitative estimate of drug-likeness (QED) is 0.380. The molecule has 0 radical (unpaired) electrons. The molecule has 32 heavy (non-hydrogen) atoms. The zero-order valence-electron chi connectivity index (χ0n) is 14.5. The Labute approximate surface area is 164 Å². The van der Waals surface area contributed by atoms with Crippen LogP contribution >= 0.6 is 0 Å². The summed E-state index contributed by atoms with van der Waals surface area (Å²) >= 11 is 0. The molecule has 190 valence electrons. The van der Waals surface area contributed by atoms with Crippen molar-refractivity contribution in [2.45, 2.75) is 84.4 Å². The number of hydrogen-bond donors (Lipinski definition) is 0. The van der Waals surface area contributed by atoms with Gasteiger partial charge in [0.1, 0.15) is 0 Å². The smallest absolute Gasteiger partial charge is 0.234 e. The molecule has 0 saturated heterocycles. The standard InChI is InChI=1S/C14H8F18/c15-3(16)7(23)1-2-8(24,4(17)18)12(28)10(26,6(21)22)14(31,32)13(29,30)9(25,5(19)20)11(7,12)27/h3-6H,1-2H2. The van der Waals surface area contributed by atoms with E-state index in [0.29, 0.717) is 0 Å². The summed E-state index contributed by atoms with van der Waals surface area (Å²) in [6.45, 7) is 0. The van der Waals surface area contributed by atoms with E-state index in [4.69, 9.17) is 0 Å². The van der Waals surface area contributed by atoms with E-state index in [9.17, 15) is 70.2 Å². The van der Waals surface area contributed by atoms with E-state index in [2.05, 4.69) is 0 Å². The van der Waals surface area contributed by atoms with Crippen molar-refractivity contribution in [1.82, 2.24) is 0 Å². The van der Waals surface area contributed by atoms with Crippen molar-refractivity contribution in [3.63, 3.8) is 0 Å². The minimum atomic E-state index is -8.02. The summed E-state index contributed by atoms with van der Waals surface area (Å²) in [6, 6.07) is 0. The summed E-state index contributed by atoms with van der Waals surface area (Å²) in [4.78, 5) is 0. The average Bonchev–Trinajstić information content (AvgIpc) is 2.65. The van der Waals surface area contributed by atoms with Crippen LogP contribution in [0.25, 0.3) is 0 Å². The van der Waals surface area contributed by atoms with Gasteiger partial charge in [-0.05, 0) is 12.8 Å². The molecular formula is C14H8F18. The predicted octanol–water partition coefficient (Wildman–Crippen LogP) is 6.37. The molecule has 0 bridgehead atoms. The summed E-state index contributed by atoms with van der Waals surface area (Å²) in [7, 11) is 0. The monoisotopic (exact) mass is 518 g/mol. The molecule has 0 aromatic carbocycles. The van der Waals surface area contributed by atoms with Crippen molar-refractivity contribution in [3.8, 4) is 0 Å². The number of halogens is 18. The molecule has 0 nitrogen and oxygen atoms in total. The van der Waals surface area contributed by atoms with Crippen molar-refractivity contribution >= 4 is 0 Å². The van der Waals surface area contributed by atoms with Gasteiger partial charge in [0.15, 0.2) is 0 Å². The number of alkyl halides is 18. The SMILES string of the molecule is FC(F)C1(F)CCC(F)(C(F)F)C2(F)C(F)(C(F)F)C(F)(F)C(F)(F)C(F)(C(F)F)C12F. The van der Waals surface area contributed by atoms with E-state index in [-0.39, 0.29) is 0 Å². The normalized spacial score (nSPS) is 48.6. The highest BCUT2D eigenvalue weighted by Crippen LogP contribution is 2.78. The molecule has 0 aromatic heterocycles. The zero-order chi connectivity index (χ0) is 25.7. The van der Waals surface area contributed by atoms with Crippen LogP contribution in [0.2, 0.25) is 0 Å². The third kappa shape index (κ3) is 2.14. The summed E-state index contributed by atoms with van der Waals surface area (Å²) < 4.78 is 252. The van der Waals surface area contributed by atoms with Gasteiger partial charge in [0.2, 0.25) is 22.7 Å². The zero-order valence-corrected chi connectivity index (χ0v) is 14.5. The van der Waals surface area contributed by atoms with Crippen molar-refractivity contribution in [2.24, 2.45) is 0 Å². The maximum atomic E-state index is 15.5. The fraction of sp³-hybridized carbons (Fsp3) is 1.00. The minimum absolute atomic E-state index is 3.10. The van der Waals surface area contributed by atoms with Crippen LogP contribution in [0.15, 0.2) is 0 Å². The van der Waals surface area contributed by atoms with Crippen LogP contribution < -0.4 is 0 Å². The first-order valence-electron chi connectivity index (χ1n) is 8.00. The molecule has 2 rings (SSSR count). The van der Waals surface area contributed by atoms with Crippen molar-refractivity contribution in [2.75, 3.05) is 0 Å². The van der Waals surface area contributed by atoms with Crippen LogP contribution in [-0.2, 0) is 0 Å². The Bertz CT molecular complexity index is 692. The third-order valence-corrected chi connectivity index (χ3v) is 6.08. The van der Waals surface area contributed by atoms with Gasteiger partial charge in [0, 0.05) is 0 Å². The highest BCUT2D eigenvalue weighted by molar-refractivity contribution is 5.45. The van der Waals surface area contributed by atoms with E-state index < -0.39 is 84.4 Å². The van der Waals surface area contributed by atoms with E-state index >= 15 is 8.78 Å². The molecular weight excluding hydrogens is 510 g/mol. The summed E-state index contributed by atoms with van der Waals surface area (Å²) in [5, 5.41) is 0. The highest BCUT2D eigenvalue weighted by Gasteiger charge is 3.08. The molecule has 6 atom stereocenters. The minimum Gasteiger partial charge on any atom is -0.234 e. The maximum absolute atomic E-state index is 15.5. The largest absolute Gasteiger partial charge is 0.356 e. The van der Waals surface area contributed by atoms with E-state index in [1.165, 1.54) is 0 Å². The Kier molecular flexibility index (Phi) is 5.62. The fourth-order valence-electron chi connectivity index (χ4n) is 4.37. The van der Waals surface area contributed by atoms with Crippen molar-refractivity contribution < 1.29 is 79.0 Å². The predicted molar refractivity (Wildman–Crippen MR) is 66.2 cm³/mol. The first kappa shape index (κ1) is 27.0. The first-order chi connectivity index (χ1) is 14.0. The second kappa shape index (κ2) is 6.66. The Morgan fingerprint density at radius 1 is 0.375 bits per heavy atom. The van der Waals surface area contributed by atoms with Gasteiger partial charge in [-0.15, -0.1) is 0 Å². The van der Waals surface area contributed by atoms with E-state index in [0.717, 1.165) is 0 Å². The van der Waals surface area contributed by atoms with Gasteiger partial charge < -0.3 is 0 Å². The van der Waals surface area contributed by atoms with Crippen LogP contribution in [0.3, 0.4) is 0 Å². The topological polar surface area (TPSA) is 0 Å². The molecule has 2 aliphatic carbocycles. The number of rotatable bonds is 4. The molecule has 18 heteroatoms. The lowest BCUT2D eigenvalue weighted by atomic mass is 9.44. The molecule has 2 fully saturated rings. The molecule has 0 aromatic rings. The molecule has 0 amide bonds. The average molecular weight is 518 g/mol. The fourth-order valence-corrected chi connectivity index (χ4v) is 4.37. The van der Waals surface area contributed by atoms with Crippen LogP contribution in [0.5, 0.6) is 0 Å². The maximum Gasteiger partial charge on any atom is 0.356 e. The van der Waals surface area contributed by atoms with Gasteiger partial charge in [0.25, 0.3) is 37.0 Å². The highest BCUT2D eigenvalue weighted by atomic mass is 19.3. The first-order valence-corrected chi connectivity index (χ1v) is 8.00. The van der Waals surface area contributed by atoms with Gasteiger partial charge >= 0.3 is 11.8 Å². The lowest BCUT2D eigenvalue weighted by molar-refractivity contribution is -0.485. The third-order valence-electron chi connectivity index (χ3n) is 6.08. The molecule has 2 aliphatic rings. The van der Waals surface area contributed by atoms with Gasteiger partial charge in [-0.25, -0.2) is 61.5 Å². The van der Waals surface area contributed by atoms with Crippen molar-refractivity contribution in [3.05, 3.63) is 0 Å². The molecule has 6 unspecified atom stereocenters. The van der Waals surface area contributed by atoms with E-state index in [1.54, 1.807) is 0 Å². The second-order valence-corrected chi connectivity index (χ2v) is 7.32. The second-order valence-electron chi connectivity index (χ2n) is 7.32. The molecule has 0 aliphatic heterocycles. The molecule has 0 N–H and O–H groups in total. The Balaban J connectivity index is 3.32. The molecule has 0 heterocycles. The van der Waals surface area contributed by atoms with Gasteiger partial charge in [0.05, 0.1) is 0 Å². The Morgan fingerprint density at radius 2 is 0.594 bits per heavy atom. The van der Waals surface area contributed by atoms with Gasteiger partial charge in [-0.2, -0.15) is 17.6 Å². The number of fused-ring (bicyclic) bond motifs is 1. The lowest BCUT2D eigenvalue weighted by Gasteiger charge is -2.67. The lowest BCUT2D eigenvalue weighted by Crippen LogP contribution is -2.98.